The quantitative estimate of drug-likeness (QED) is 0.776. The fourth-order valence-corrected chi connectivity index (χ4v) is 2.12. The molecule has 0 spiro atoms. The summed E-state index contributed by atoms with van der Waals surface area (Å²) in [6, 6.07) is 12.9. The summed E-state index contributed by atoms with van der Waals surface area (Å²) in [6.45, 7) is 0.296. The van der Waals surface area contributed by atoms with Crippen LogP contribution in [0.25, 0.3) is 0 Å². The highest BCUT2D eigenvalue weighted by molar-refractivity contribution is 5.71. The van der Waals surface area contributed by atoms with Gasteiger partial charge in [-0.3, -0.25) is 0 Å². The monoisotopic (exact) mass is 301 g/mol. The molecule has 5 nitrogen and oxygen atoms in total. The van der Waals surface area contributed by atoms with Crippen molar-refractivity contribution in [2.45, 2.75) is 13.0 Å². The number of hydrogen-bond acceptors (Lipinski definition) is 5. The minimum atomic E-state index is -1.18. The molecule has 0 bridgehead atoms. The number of methoxy groups -OCH3 is 2. The van der Waals surface area contributed by atoms with Gasteiger partial charge in [0.15, 0.2) is 11.5 Å². The molecule has 0 radical (unpaired) electrons. The number of benzene rings is 2. The van der Waals surface area contributed by atoms with Crippen molar-refractivity contribution in [2.24, 2.45) is 0 Å². The number of hydrogen-bond donors (Lipinski definition) is 0. The lowest BCUT2D eigenvalue weighted by molar-refractivity contribution is -0.304. The molecule has 2 aromatic carbocycles. The first-order valence-corrected chi connectivity index (χ1v) is 6.76. The lowest BCUT2D eigenvalue weighted by atomic mass is 10.1. The fourth-order valence-electron chi connectivity index (χ4n) is 2.12. The molecule has 5 heteroatoms. The molecule has 0 saturated carbocycles. The molecule has 0 heterocycles. The Bertz CT molecular complexity index is 637. The number of carbonyl (C=O) groups is 1. The molecule has 0 N–H and O–H groups in total. The van der Waals surface area contributed by atoms with Crippen molar-refractivity contribution in [1.29, 1.82) is 0 Å². The number of aliphatic carboxylic acids is 1. The van der Waals surface area contributed by atoms with E-state index >= 15 is 0 Å². The highest BCUT2D eigenvalue weighted by atomic mass is 16.5. The zero-order chi connectivity index (χ0) is 15.9. The van der Waals surface area contributed by atoms with Crippen molar-refractivity contribution in [3.05, 3.63) is 53.6 Å². The molecule has 0 saturated heterocycles. The molecule has 2 rings (SSSR count). The van der Waals surface area contributed by atoms with Gasteiger partial charge in [0.25, 0.3) is 0 Å². The van der Waals surface area contributed by atoms with Crippen molar-refractivity contribution >= 4 is 5.97 Å². The molecule has 0 fully saturated rings. The standard InChI is InChI=1S/C17H18O5/c1-20-14-9-8-13(10-15(18)19)16(17(14)21-2)22-11-12-6-4-3-5-7-12/h3-9H,10-11H2,1-2H3,(H,18,19)/p-1. The Morgan fingerprint density at radius 1 is 1.00 bits per heavy atom. The first kappa shape index (κ1) is 15.7. The lowest BCUT2D eigenvalue weighted by Crippen LogP contribution is -2.24. The SMILES string of the molecule is COc1ccc(CC(=O)[O-])c(OCc2ccccc2)c1OC. The molecule has 0 aliphatic heterocycles. The largest absolute Gasteiger partial charge is 0.550 e. The molecule has 0 aromatic heterocycles. The second-order valence-corrected chi connectivity index (χ2v) is 4.61. The molecule has 22 heavy (non-hydrogen) atoms. The van der Waals surface area contributed by atoms with Gasteiger partial charge in [-0.05, 0) is 11.6 Å². The predicted molar refractivity (Wildman–Crippen MR) is 79.0 cm³/mol. The third-order valence-corrected chi connectivity index (χ3v) is 3.14. The maximum Gasteiger partial charge on any atom is 0.203 e. The van der Waals surface area contributed by atoms with Gasteiger partial charge in [0.2, 0.25) is 5.75 Å². The van der Waals surface area contributed by atoms with Gasteiger partial charge in [0, 0.05) is 18.0 Å². The highest BCUT2D eigenvalue weighted by Crippen LogP contribution is 2.40. The van der Waals surface area contributed by atoms with E-state index in [4.69, 9.17) is 14.2 Å². The summed E-state index contributed by atoms with van der Waals surface area (Å²) in [5.41, 5.74) is 1.44. The molecule has 0 amide bonds. The zero-order valence-corrected chi connectivity index (χ0v) is 12.5. The van der Waals surface area contributed by atoms with Crippen LogP contribution in [0.1, 0.15) is 11.1 Å². The Kier molecular flexibility index (Phi) is 5.25. The van der Waals surface area contributed by atoms with E-state index in [9.17, 15) is 9.90 Å². The third kappa shape index (κ3) is 3.69. The number of carbonyl (C=O) groups excluding carboxylic acids is 1. The maximum atomic E-state index is 10.9. The van der Waals surface area contributed by atoms with Crippen LogP contribution < -0.4 is 19.3 Å². The van der Waals surface area contributed by atoms with E-state index in [0.717, 1.165) is 5.56 Å². The second kappa shape index (κ2) is 7.36. The molecular formula is C17H17O5-. The first-order valence-electron chi connectivity index (χ1n) is 6.76. The van der Waals surface area contributed by atoms with Gasteiger partial charge in [0.05, 0.1) is 14.2 Å². The summed E-state index contributed by atoms with van der Waals surface area (Å²) in [5.74, 6) is 0.0246. The molecule has 0 atom stereocenters. The number of carboxylic acid groups (broad SMARTS) is 1. The summed E-state index contributed by atoms with van der Waals surface area (Å²) in [5, 5.41) is 10.9. The molecule has 116 valence electrons. The Morgan fingerprint density at radius 2 is 1.73 bits per heavy atom. The van der Waals surface area contributed by atoms with Crippen LogP contribution in [-0.2, 0) is 17.8 Å². The minimum absolute atomic E-state index is 0.259. The first-order chi connectivity index (χ1) is 10.7. The number of ether oxygens (including phenoxy) is 3. The summed E-state index contributed by atoms with van der Waals surface area (Å²) < 4.78 is 16.3. The predicted octanol–water partition coefficient (Wildman–Crippen LogP) is 1.58. The van der Waals surface area contributed by atoms with Crippen molar-refractivity contribution in [1.82, 2.24) is 0 Å². The van der Waals surface area contributed by atoms with E-state index in [2.05, 4.69) is 0 Å². The van der Waals surface area contributed by atoms with E-state index in [1.165, 1.54) is 14.2 Å². The van der Waals surface area contributed by atoms with Gasteiger partial charge in [-0.2, -0.15) is 0 Å². The van der Waals surface area contributed by atoms with Crippen LogP contribution in [0, 0.1) is 0 Å². The van der Waals surface area contributed by atoms with Gasteiger partial charge >= 0.3 is 0 Å². The number of rotatable bonds is 7. The van der Waals surface area contributed by atoms with Crippen molar-refractivity contribution in [3.8, 4) is 17.2 Å². The van der Waals surface area contributed by atoms with Gasteiger partial charge in [-0.15, -0.1) is 0 Å². The Hall–Kier alpha value is -2.69. The Morgan fingerprint density at radius 3 is 2.32 bits per heavy atom. The second-order valence-electron chi connectivity index (χ2n) is 4.61. The van der Waals surface area contributed by atoms with Crippen LogP contribution in [-0.4, -0.2) is 20.2 Å². The molecule has 0 aliphatic rings. The summed E-state index contributed by atoms with van der Waals surface area (Å²) >= 11 is 0. The summed E-state index contributed by atoms with van der Waals surface area (Å²) in [7, 11) is 2.99. The summed E-state index contributed by atoms with van der Waals surface area (Å²) in [4.78, 5) is 10.9. The maximum absolute atomic E-state index is 10.9. The van der Waals surface area contributed by atoms with Crippen LogP contribution in [0.15, 0.2) is 42.5 Å². The van der Waals surface area contributed by atoms with E-state index in [-0.39, 0.29) is 6.42 Å². The van der Waals surface area contributed by atoms with E-state index in [1.54, 1.807) is 12.1 Å². The zero-order valence-electron chi connectivity index (χ0n) is 12.5. The molecule has 0 aliphatic carbocycles. The average molecular weight is 301 g/mol. The Labute approximate surface area is 129 Å². The van der Waals surface area contributed by atoms with Crippen LogP contribution in [0.2, 0.25) is 0 Å². The highest BCUT2D eigenvalue weighted by Gasteiger charge is 2.16. The summed E-state index contributed by atoms with van der Waals surface area (Å²) in [6.07, 6.45) is -0.259. The fraction of sp³-hybridized carbons (Fsp3) is 0.235. The van der Waals surface area contributed by atoms with E-state index < -0.39 is 5.97 Å². The number of carboxylic acids is 1. The van der Waals surface area contributed by atoms with Gasteiger partial charge < -0.3 is 24.1 Å². The lowest BCUT2D eigenvalue weighted by Gasteiger charge is -2.18. The molecule has 0 unspecified atom stereocenters. The van der Waals surface area contributed by atoms with E-state index in [1.807, 2.05) is 30.3 Å². The van der Waals surface area contributed by atoms with Crippen molar-refractivity contribution in [2.75, 3.05) is 14.2 Å². The van der Waals surface area contributed by atoms with Crippen LogP contribution >= 0.6 is 0 Å². The smallest absolute Gasteiger partial charge is 0.203 e. The van der Waals surface area contributed by atoms with E-state index in [0.29, 0.717) is 29.4 Å². The minimum Gasteiger partial charge on any atom is -0.550 e. The molecular weight excluding hydrogens is 284 g/mol. The van der Waals surface area contributed by atoms with Gasteiger partial charge in [-0.1, -0.05) is 36.4 Å². The van der Waals surface area contributed by atoms with Crippen LogP contribution in [0.4, 0.5) is 0 Å². The van der Waals surface area contributed by atoms with Gasteiger partial charge in [-0.25, -0.2) is 0 Å². The topological polar surface area (TPSA) is 67.8 Å². The van der Waals surface area contributed by atoms with Crippen molar-refractivity contribution < 1.29 is 24.1 Å². The molecule has 2 aromatic rings. The van der Waals surface area contributed by atoms with Crippen LogP contribution in [0.5, 0.6) is 17.2 Å². The Balaban J connectivity index is 2.34. The third-order valence-electron chi connectivity index (χ3n) is 3.14. The van der Waals surface area contributed by atoms with Gasteiger partial charge in [0.1, 0.15) is 6.61 Å². The van der Waals surface area contributed by atoms with Crippen LogP contribution in [0.3, 0.4) is 0 Å². The van der Waals surface area contributed by atoms with Crippen molar-refractivity contribution in [3.63, 3.8) is 0 Å². The average Bonchev–Trinajstić information content (AvgIpc) is 2.53. The normalized spacial score (nSPS) is 10.1.